The first kappa shape index (κ1) is 17.1. The van der Waals surface area contributed by atoms with Crippen LogP contribution in [0, 0.1) is 6.92 Å². The van der Waals surface area contributed by atoms with Gasteiger partial charge >= 0.3 is 0 Å². The molecule has 0 saturated carbocycles. The highest BCUT2D eigenvalue weighted by Gasteiger charge is 2.10. The van der Waals surface area contributed by atoms with Crippen molar-refractivity contribution < 1.29 is 9.00 Å². The van der Waals surface area contributed by atoms with Gasteiger partial charge in [0.1, 0.15) is 0 Å². The first-order valence-electron chi connectivity index (χ1n) is 6.57. The number of aryl methyl sites for hydroxylation is 1. The summed E-state index contributed by atoms with van der Waals surface area (Å²) in [6.45, 7) is 1.95. The SMILES string of the molecule is Cc1ccc([S@](C)(=O)=NC(=O)CSc2ccc(Cl)cc2)cc1. The standard InChI is InChI=1S/C16H16ClNO2S2/c1-12-3-9-15(10-4-12)22(2,20)18-16(19)11-21-14-7-5-13(17)6-8-14/h3-10H,11H2,1-2H3/t22-/m0/s1. The van der Waals surface area contributed by atoms with E-state index in [1.165, 1.54) is 18.0 Å². The maximum absolute atomic E-state index is 12.6. The zero-order valence-corrected chi connectivity index (χ0v) is 14.7. The Morgan fingerprint density at radius 1 is 1.14 bits per heavy atom. The summed E-state index contributed by atoms with van der Waals surface area (Å²) in [5, 5.41) is 0.649. The highest BCUT2D eigenvalue weighted by molar-refractivity contribution is 8.00. The number of hydrogen-bond donors (Lipinski definition) is 0. The number of amides is 1. The fraction of sp³-hybridized carbons (Fsp3) is 0.188. The number of halogens is 1. The van der Waals surface area contributed by atoms with E-state index in [0.717, 1.165) is 10.5 Å². The Hall–Kier alpha value is -1.30. The van der Waals surface area contributed by atoms with Crippen molar-refractivity contribution in [3.63, 3.8) is 0 Å². The second kappa shape index (κ2) is 7.31. The smallest absolute Gasteiger partial charge is 0.264 e. The lowest BCUT2D eigenvalue weighted by Crippen LogP contribution is -2.05. The number of carbonyl (C=O) groups excluding carboxylic acids is 1. The van der Waals surface area contributed by atoms with E-state index in [-0.39, 0.29) is 11.7 Å². The van der Waals surface area contributed by atoms with Gasteiger partial charge in [0.15, 0.2) is 0 Å². The van der Waals surface area contributed by atoms with Crippen molar-refractivity contribution in [2.24, 2.45) is 4.36 Å². The minimum absolute atomic E-state index is 0.151. The summed E-state index contributed by atoms with van der Waals surface area (Å²) in [6.07, 6.45) is 1.49. The second-order valence-corrected chi connectivity index (χ2v) is 8.59. The van der Waals surface area contributed by atoms with E-state index in [1.54, 1.807) is 24.3 Å². The van der Waals surface area contributed by atoms with E-state index in [4.69, 9.17) is 11.6 Å². The summed E-state index contributed by atoms with van der Waals surface area (Å²) in [5.74, 6) is -0.230. The van der Waals surface area contributed by atoms with Crippen LogP contribution >= 0.6 is 23.4 Å². The summed E-state index contributed by atoms with van der Waals surface area (Å²) < 4.78 is 16.4. The Bertz CT molecular complexity index is 777. The van der Waals surface area contributed by atoms with E-state index in [2.05, 4.69) is 4.36 Å². The third-order valence-corrected chi connectivity index (χ3v) is 5.86. The van der Waals surface area contributed by atoms with Gasteiger partial charge < -0.3 is 0 Å². The number of rotatable bonds is 4. The number of hydrogen-bond acceptors (Lipinski definition) is 3. The van der Waals surface area contributed by atoms with Crippen LogP contribution in [0.3, 0.4) is 0 Å². The topological polar surface area (TPSA) is 46.5 Å². The molecule has 22 heavy (non-hydrogen) atoms. The molecule has 0 aliphatic carbocycles. The van der Waals surface area contributed by atoms with E-state index < -0.39 is 9.73 Å². The predicted molar refractivity (Wildman–Crippen MR) is 93.1 cm³/mol. The van der Waals surface area contributed by atoms with E-state index in [1.807, 2.05) is 31.2 Å². The first-order chi connectivity index (χ1) is 10.4. The van der Waals surface area contributed by atoms with Crippen LogP contribution in [-0.4, -0.2) is 22.1 Å². The molecule has 0 aliphatic rings. The molecule has 116 valence electrons. The van der Waals surface area contributed by atoms with E-state index in [9.17, 15) is 9.00 Å². The van der Waals surface area contributed by atoms with Gasteiger partial charge in [-0.15, -0.1) is 11.8 Å². The highest BCUT2D eigenvalue weighted by Crippen LogP contribution is 2.21. The Morgan fingerprint density at radius 3 is 2.32 bits per heavy atom. The Morgan fingerprint density at radius 2 is 1.73 bits per heavy atom. The summed E-state index contributed by atoms with van der Waals surface area (Å²) in [4.78, 5) is 13.4. The molecule has 0 bridgehead atoms. The van der Waals surface area contributed by atoms with Crippen molar-refractivity contribution in [1.82, 2.24) is 0 Å². The van der Waals surface area contributed by atoms with Crippen LogP contribution in [0.2, 0.25) is 5.02 Å². The predicted octanol–water partition coefficient (Wildman–Crippen LogP) is 4.42. The molecule has 3 nitrogen and oxygen atoms in total. The molecular formula is C16H16ClNO2S2. The van der Waals surface area contributed by atoms with Crippen molar-refractivity contribution in [2.75, 3.05) is 12.0 Å². The molecule has 0 N–H and O–H groups in total. The zero-order chi connectivity index (χ0) is 16.2. The Labute approximate surface area is 140 Å². The minimum atomic E-state index is -2.70. The maximum atomic E-state index is 12.6. The summed E-state index contributed by atoms with van der Waals surface area (Å²) in [5.41, 5.74) is 1.07. The van der Waals surface area contributed by atoms with Crippen LogP contribution in [0.5, 0.6) is 0 Å². The lowest BCUT2D eigenvalue weighted by Gasteiger charge is -2.04. The van der Waals surface area contributed by atoms with Gasteiger partial charge in [0.05, 0.1) is 15.5 Å². The van der Waals surface area contributed by atoms with Gasteiger partial charge in [0, 0.05) is 21.1 Å². The normalized spacial score (nSPS) is 13.4. The molecule has 2 aromatic rings. The first-order valence-corrected chi connectivity index (χ1v) is 9.85. The average Bonchev–Trinajstić information content (AvgIpc) is 2.46. The molecule has 2 rings (SSSR count). The largest absolute Gasteiger partial charge is 0.271 e. The molecule has 0 aliphatic heterocycles. The molecule has 1 amide bonds. The number of nitrogens with zero attached hydrogens (tertiary/aromatic N) is 1. The van der Waals surface area contributed by atoms with Crippen LogP contribution in [0.1, 0.15) is 5.56 Å². The van der Waals surface area contributed by atoms with Gasteiger partial charge in [-0.1, -0.05) is 29.3 Å². The van der Waals surface area contributed by atoms with Crippen LogP contribution in [-0.2, 0) is 14.5 Å². The molecule has 0 aromatic heterocycles. The Balaban J connectivity index is 2.07. The van der Waals surface area contributed by atoms with Crippen molar-refractivity contribution in [1.29, 1.82) is 0 Å². The highest BCUT2D eigenvalue weighted by atomic mass is 35.5. The van der Waals surface area contributed by atoms with Crippen molar-refractivity contribution in [3.8, 4) is 0 Å². The molecule has 0 unspecified atom stereocenters. The van der Waals surface area contributed by atoms with E-state index in [0.29, 0.717) is 9.92 Å². The number of carbonyl (C=O) groups is 1. The fourth-order valence-electron chi connectivity index (χ4n) is 1.74. The molecule has 0 fully saturated rings. The number of thioether (sulfide) groups is 1. The van der Waals surface area contributed by atoms with Crippen molar-refractivity contribution >= 4 is 39.0 Å². The quantitative estimate of drug-likeness (QED) is 0.764. The van der Waals surface area contributed by atoms with Gasteiger partial charge in [0.2, 0.25) is 0 Å². The average molecular weight is 354 g/mol. The van der Waals surface area contributed by atoms with Crippen molar-refractivity contribution in [3.05, 3.63) is 59.1 Å². The van der Waals surface area contributed by atoms with Gasteiger partial charge in [-0.25, -0.2) is 4.21 Å². The van der Waals surface area contributed by atoms with E-state index >= 15 is 0 Å². The molecule has 0 spiro atoms. The molecule has 0 saturated heterocycles. The molecule has 1 atom stereocenters. The summed E-state index contributed by atoms with van der Waals surface area (Å²) >= 11 is 7.16. The lowest BCUT2D eigenvalue weighted by atomic mass is 10.2. The molecule has 0 heterocycles. The summed E-state index contributed by atoms with van der Waals surface area (Å²) in [6, 6.07) is 14.4. The Kier molecular flexibility index (Phi) is 5.67. The van der Waals surface area contributed by atoms with Crippen LogP contribution in [0.15, 0.2) is 62.7 Å². The third-order valence-electron chi connectivity index (χ3n) is 2.91. The lowest BCUT2D eigenvalue weighted by molar-refractivity contribution is -0.115. The molecular weight excluding hydrogens is 338 g/mol. The third kappa shape index (κ3) is 4.87. The molecule has 0 radical (unpaired) electrons. The fourth-order valence-corrected chi connectivity index (χ4v) is 3.83. The van der Waals surface area contributed by atoms with Crippen LogP contribution in [0.25, 0.3) is 0 Å². The van der Waals surface area contributed by atoms with Gasteiger partial charge in [-0.2, -0.15) is 4.36 Å². The molecule has 6 heteroatoms. The monoisotopic (exact) mass is 353 g/mol. The minimum Gasteiger partial charge on any atom is -0.271 e. The van der Waals surface area contributed by atoms with Gasteiger partial charge in [-0.05, 0) is 43.3 Å². The van der Waals surface area contributed by atoms with Gasteiger partial charge in [-0.3, -0.25) is 4.79 Å². The molecule has 2 aromatic carbocycles. The van der Waals surface area contributed by atoms with Gasteiger partial charge in [0.25, 0.3) is 5.91 Å². The summed E-state index contributed by atoms with van der Waals surface area (Å²) in [7, 11) is -2.70. The van der Waals surface area contributed by atoms with Crippen molar-refractivity contribution in [2.45, 2.75) is 16.7 Å². The van der Waals surface area contributed by atoms with Crippen LogP contribution < -0.4 is 0 Å². The van der Waals surface area contributed by atoms with Crippen LogP contribution in [0.4, 0.5) is 0 Å². The zero-order valence-electron chi connectivity index (χ0n) is 12.3. The second-order valence-electron chi connectivity index (χ2n) is 4.84. The number of benzene rings is 2. The maximum Gasteiger partial charge on any atom is 0.264 e.